The Labute approximate surface area is 136 Å². The number of nitrogens with two attached hydrogens (primary N) is 1. The summed E-state index contributed by atoms with van der Waals surface area (Å²) < 4.78 is 6.36. The van der Waals surface area contributed by atoms with E-state index in [1.807, 2.05) is 18.2 Å². The van der Waals surface area contributed by atoms with Crippen molar-refractivity contribution < 1.29 is 4.52 Å². The molecular formula is C14H15ClIN3O. The molecule has 0 spiro atoms. The van der Waals surface area contributed by atoms with Crippen LogP contribution in [0.15, 0.2) is 22.7 Å². The zero-order valence-corrected chi connectivity index (χ0v) is 13.8. The maximum atomic E-state index is 6.41. The Bertz CT molecular complexity index is 623. The van der Waals surface area contributed by atoms with Gasteiger partial charge in [0, 0.05) is 9.13 Å². The van der Waals surface area contributed by atoms with Gasteiger partial charge in [0.05, 0.1) is 10.6 Å². The van der Waals surface area contributed by atoms with Gasteiger partial charge in [-0.2, -0.15) is 4.98 Å². The average Bonchev–Trinajstić information content (AvgIpc) is 2.93. The Morgan fingerprint density at radius 3 is 2.70 bits per heavy atom. The lowest BCUT2D eigenvalue weighted by Crippen LogP contribution is -2.39. The van der Waals surface area contributed by atoms with E-state index in [9.17, 15) is 0 Å². The van der Waals surface area contributed by atoms with Crippen LogP contribution in [0.25, 0.3) is 11.5 Å². The van der Waals surface area contributed by atoms with Gasteiger partial charge in [0.15, 0.2) is 5.82 Å². The lowest BCUT2D eigenvalue weighted by atomic mass is 9.82. The van der Waals surface area contributed by atoms with Crippen molar-refractivity contribution in [3.05, 3.63) is 32.6 Å². The molecule has 2 aromatic rings. The summed E-state index contributed by atoms with van der Waals surface area (Å²) in [5.41, 5.74) is 6.80. The highest BCUT2D eigenvalue weighted by molar-refractivity contribution is 14.1. The monoisotopic (exact) mass is 403 g/mol. The maximum absolute atomic E-state index is 6.41. The summed E-state index contributed by atoms with van der Waals surface area (Å²) in [6, 6.07) is 5.70. The van der Waals surface area contributed by atoms with Crippen LogP contribution in [0, 0.1) is 3.57 Å². The zero-order valence-electron chi connectivity index (χ0n) is 10.9. The molecule has 20 heavy (non-hydrogen) atoms. The van der Waals surface area contributed by atoms with Gasteiger partial charge in [-0.1, -0.05) is 36.0 Å². The van der Waals surface area contributed by atoms with E-state index >= 15 is 0 Å². The normalized spacial score (nSPS) is 18.1. The van der Waals surface area contributed by atoms with E-state index in [1.54, 1.807) is 0 Å². The van der Waals surface area contributed by atoms with Crippen LogP contribution in [0.4, 0.5) is 0 Å². The van der Waals surface area contributed by atoms with Gasteiger partial charge in [0.1, 0.15) is 0 Å². The van der Waals surface area contributed by atoms with Crippen LogP contribution in [0.1, 0.15) is 37.9 Å². The lowest BCUT2D eigenvalue weighted by molar-refractivity contribution is 0.275. The quantitative estimate of drug-likeness (QED) is 0.766. The highest BCUT2D eigenvalue weighted by Gasteiger charge is 2.34. The topological polar surface area (TPSA) is 64.9 Å². The fourth-order valence-corrected chi connectivity index (χ4v) is 3.09. The predicted molar refractivity (Wildman–Crippen MR) is 86.4 cm³/mol. The molecule has 1 saturated carbocycles. The lowest BCUT2D eigenvalue weighted by Gasteiger charge is -2.29. The second kappa shape index (κ2) is 5.61. The maximum Gasteiger partial charge on any atom is 0.258 e. The first kappa shape index (κ1) is 14.3. The molecule has 1 aliphatic carbocycles. The van der Waals surface area contributed by atoms with Crippen molar-refractivity contribution in [2.75, 3.05) is 0 Å². The van der Waals surface area contributed by atoms with Crippen molar-refractivity contribution in [3.63, 3.8) is 0 Å². The summed E-state index contributed by atoms with van der Waals surface area (Å²) in [6.45, 7) is 0. The summed E-state index contributed by atoms with van der Waals surface area (Å²) in [4.78, 5) is 4.48. The fourth-order valence-electron chi connectivity index (χ4n) is 2.58. The summed E-state index contributed by atoms with van der Waals surface area (Å²) in [5.74, 6) is 1.09. The van der Waals surface area contributed by atoms with Crippen molar-refractivity contribution in [3.8, 4) is 11.5 Å². The number of hydrogen-bond donors (Lipinski definition) is 1. The third kappa shape index (κ3) is 2.71. The van der Waals surface area contributed by atoms with Crippen LogP contribution in [0.5, 0.6) is 0 Å². The highest BCUT2D eigenvalue weighted by Crippen LogP contribution is 2.34. The van der Waals surface area contributed by atoms with Gasteiger partial charge in [-0.05, 0) is 53.6 Å². The Hall–Kier alpha value is -0.660. The molecule has 0 amide bonds. The Morgan fingerprint density at radius 2 is 2.00 bits per heavy atom. The van der Waals surface area contributed by atoms with Crippen LogP contribution in [0.2, 0.25) is 5.02 Å². The van der Waals surface area contributed by atoms with E-state index < -0.39 is 5.54 Å². The fraction of sp³-hybridized carbons (Fsp3) is 0.429. The Balaban J connectivity index is 1.91. The molecule has 0 radical (unpaired) electrons. The first-order valence-corrected chi connectivity index (χ1v) is 8.13. The minimum absolute atomic E-state index is 0.438. The van der Waals surface area contributed by atoms with Gasteiger partial charge in [-0.25, -0.2) is 0 Å². The molecule has 1 fully saturated rings. The molecule has 3 rings (SSSR count). The SMILES string of the molecule is NC1(c2noc(-c3ccc(I)c(Cl)c3)n2)CCCCC1. The molecule has 0 saturated heterocycles. The first-order chi connectivity index (χ1) is 9.58. The van der Waals surface area contributed by atoms with Crippen LogP contribution < -0.4 is 5.73 Å². The van der Waals surface area contributed by atoms with Gasteiger partial charge < -0.3 is 10.3 Å². The van der Waals surface area contributed by atoms with E-state index in [2.05, 4.69) is 32.7 Å². The predicted octanol–water partition coefficient (Wildman–Crippen LogP) is 4.11. The van der Waals surface area contributed by atoms with Crippen LogP contribution >= 0.6 is 34.2 Å². The molecule has 0 aliphatic heterocycles. The molecule has 1 aliphatic rings. The molecule has 0 atom stereocenters. The minimum Gasteiger partial charge on any atom is -0.334 e. The van der Waals surface area contributed by atoms with Crippen LogP contribution in [-0.2, 0) is 5.54 Å². The van der Waals surface area contributed by atoms with Crippen molar-refractivity contribution in [2.45, 2.75) is 37.6 Å². The zero-order chi connectivity index (χ0) is 14.2. The largest absolute Gasteiger partial charge is 0.334 e. The smallest absolute Gasteiger partial charge is 0.258 e. The number of nitrogens with zero attached hydrogens (tertiary/aromatic N) is 2. The van der Waals surface area contributed by atoms with Crippen molar-refractivity contribution in [1.29, 1.82) is 0 Å². The first-order valence-electron chi connectivity index (χ1n) is 6.67. The third-order valence-corrected chi connectivity index (χ3v) is 5.36. The van der Waals surface area contributed by atoms with E-state index in [-0.39, 0.29) is 0 Å². The number of halogens is 2. The minimum atomic E-state index is -0.438. The number of aromatic nitrogens is 2. The summed E-state index contributed by atoms with van der Waals surface area (Å²) in [5, 5.41) is 4.77. The standard InChI is InChI=1S/C14H15ClIN3O/c15-10-8-9(4-5-11(10)16)12-18-13(19-20-12)14(17)6-2-1-3-7-14/h4-5,8H,1-3,6-7,17H2. The second-order valence-corrected chi connectivity index (χ2v) is 6.84. The number of benzene rings is 1. The number of rotatable bonds is 2. The van der Waals surface area contributed by atoms with E-state index in [0.717, 1.165) is 34.8 Å². The summed E-state index contributed by atoms with van der Waals surface area (Å²) >= 11 is 8.31. The molecule has 6 heteroatoms. The Kier molecular flexibility index (Phi) is 4.01. The number of hydrogen-bond acceptors (Lipinski definition) is 4. The van der Waals surface area contributed by atoms with Crippen LogP contribution in [-0.4, -0.2) is 10.1 Å². The van der Waals surface area contributed by atoms with Crippen molar-refractivity contribution >= 4 is 34.2 Å². The second-order valence-electron chi connectivity index (χ2n) is 5.27. The van der Waals surface area contributed by atoms with Crippen LogP contribution in [0.3, 0.4) is 0 Å². The van der Waals surface area contributed by atoms with Gasteiger partial charge in [0.25, 0.3) is 5.89 Å². The van der Waals surface area contributed by atoms with Gasteiger partial charge in [-0.3, -0.25) is 0 Å². The molecule has 1 heterocycles. The van der Waals surface area contributed by atoms with Crippen molar-refractivity contribution in [2.24, 2.45) is 5.73 Å². The highest BCUT2D eigenvalue weighted by atomic mass is 127. The molecular weight excluding hydrogens is 389 g/mol. The summed E-state index contributed by atoms with van der Waals surface area (Å²) in [6.07, 6.45) is 5.31. The van der Waals surface area contributed by atoms with Gasteiger partial charge in [0.2, 0.25) is 0 Å². The molecule has 106 valence electrons. The Morgan fingerprint density at radius 1 is 1.25 bits per heavy atom. The molecule has 1 aromatic carbocycles. The van der Waals surface area contributed by atoms with E-state index in [1.165, 1.54) is 6.42 Å². The van der Waals surface area contributed by atoms with E-state index in [0.29, 0.717) is 16.7 Å². The van der Waals surface area contributed by atoms with Gasteiger partial charge >= 0.3 is 0 Å². The van der Waals surface area contributed by atoms with E-state index in [4.69, 9.17) is 21.9 Å². The molecule has 0 bridgehead atoms. The average molecular weight is 404 g/mol. The van der Waals surface area contributed by atoms with Crippen molar-refractivity contribution in [1.82, 2.24) is 10.1 Å². The molecule has 1 aromatic heterocycles. The van der Waals surface area contributed by atoms with Gasteiger partial charge in [-0.15, -0.1) is 0 Å². The third-order valence-electron chi connectivity index (χ3n) is 3.78. The molecule has 2 N–H and O–H groups in total. The summed E-state index contributed by atoms with van der Waals surface area (Å²) in [7, 11) is 0. The molecule has 0 unspecified atom stereocenters. The molecule has 4 nitrogen and oxygen atoms in total.